The highest BCUT2D eigenvalue weighted by molar-refractivity contribution is 5.87. The molecule has 124 valence electrons. The molecule has 8 heteroatoms. The molecule has 0 aliphatic carbocycles. The van der Waals surface area contributed by atoms with Crippen LogP contribution in [0.1, 0.15) is 13.8 Å². The van der Waals surface area contributed by atoms with Gasteiger partial charge in [-0.2, -0.15) is 4.98 Å². The zero-order valence-corrected chi connectivity index (χ0v) is 13.7. The van der Waals surface area contributed by atoms with Crippen molar-refractivity contribution < 1.29 is 4.74 Å². The van der Waals surface area contributed by atoms with Crippen LogP contribution < -0.4 is 10.6 Å². The van der Waals surface area contributed by atoms with Gasteiger partial charge < -0.3 is 15.4 Å². The Morgan fingerprint density at radius 1 is 1.33 bits per heavy atom. The summed E-state index contributed by atoms with van der Waals surface area (Å²) in [6, 6.07) is 3.88. The maximum absolute atomic E-state index is 6.12. The molecule has 0 bridgehead atoms. The van der Waals surface area contributed by atoms with Crippen LogP contribution in [0.25, 0.3) is 16.8 Å². The van der Waals surface area contributed by atoms with Crippen LogP contribution in [0.2, 0.25) is 0 Å². The SMILES string of the molecule is CC1(C)CN(c2nc(N)n3cnnc3c2-c2cccnc2)CCO1. The Morgan fingerprint density at radius 2 is 2.21 bits per heavy atom. The average molecular weight is 325 g/mol. The number of hydrogen-bond donors (Lipinski definition) is 1. The van der Waals surface area contributed by atoms with E-state index in [1.807, 2.05) is 12.1 Å². The topological polar surface area (TPSA) is 94.5 Å². The summed E-state index contributed by atoms with van der Waals surface area (Å²) in [6.07, 6.45) is 5.12. The third-order valence-electron chi connectivity index (χ3n) is 4.14. The van der Waals surface area contributed by atoms with Crippen LogP contribution in [0.4, 0.5) is 11.8 Å². The van der Waals surface area contributed by atoms with Crippen molar-refractivity contribution in [1.29, 1.82) is 0 Å². The van der Waals surface area contributed by atoms with Gasteiger partial charge in [-0.3, -0.25) is 9.38 Å². The van der Waals surface area contributed by atoms with Gasteiger partial charge in [0, 0.05) is 31.0 Å². The van der Waals surface area contributed by atoms with E-state index in [0.29, 0.717) is 18.2 Å². The van der Waals surface area contributed by atoms with E-state index >= 15 is 0 Å². The molecule has 8 nitrogen and oxygen atoms in total. The third kappa shape index (κ3) is 2.44. The van der Waals surface area contributed by atoms with E-state index in [4.69, 9.17) is 10.5 Å². The first-order chi connectivity index (χ1) is 11.6. The fraction of sp³-hybridized carbons (Fsp3) is 0.375. The standard InChI is InChI=1S/C16H19N7O/c1-16(2)9-22(6-7-24-16)13-12(11-4-3-5-18-8-11)14-21-19-10-23(14)15(17)20-13/h3-5,8,10H,6-7,9H2,1-2H3,(H2,17,20). The van der Waals surface area contributed by atoms with Crippen molar-refractivity contribution >= 4 is 17.4 Å². The van der Waals surface area contributed by atoms with Gasteiger partial charge in [0.25, 0.3) is 0 Å². The summed E-state index contributed by atoms with van der Waals surface area (Å²) < 4.78 is 7.51. The molecule has 4 rings (SSSR count). The van der Waals surface area contributed by atoms with Crippen molar-refractivity contribution in [3.63, 3.8) is 0 Å². The summed E-state index contributed by atoms with van der Waals surface area (Å²) in [5, 5.41) is 8.25. The van der Waals surface area contributed by atoms with E-state index in [0.717, 1.165) is 30.0 Å². The van der Waals surface area contributed by atoms with Crippen molar-refractivity contribution in [3.05, 3.63) is 30.9 Å². The highest BCUT2D eigenvalue weighted by Crippen LogP contribution is 2.35. The minimum Gasteiger partial charge on any atom is -0.372 e. The number of ether oxygens (including phenoxy) is 1. The van der Waals surface area contributed by atoms with Gasteiger partial charge in [-0.1, -0.05) is 6.07 Å². The van der Waals surface area contributed by atoms with Gasteiger partial charge >= 0.3 is 0 Å². The number of rotatable bonds is 2. The van der Waals surface area contributed by atoms with Crippen LogP contribution >= 0.6 is 0 Å². The van der Waals surface area contributed by atoms with Crippen LogP contribution in [0.5, 0.6) is 0 Å². The second-order valence-electron chi connectivity index (χ2n) is 6.46. The van der Waals surface area contributed by atoms with Crippen molar-refractivity contribution in [2.24, 2.45) is 0 Å². The fourth-order valence-electron chi connectivity index (χ4n) is 3.09. The summed E-state index contributed by atoms with van der Waals surface area (Å²) in [5.41, 5.74) is 8.36. The lowest BCUT2D eigenvalue weighted by Crippen LogP contribution is -2.49. The first-order valence-corrected chi connectivity index (χ1v) is 7.84. The van der Waals surface area contributed by atoms with Gasteiger partial charge in [0.1, 0.15) is 12.1 Å². The Bertz CT molecular complexity index is 875. The van der Waals surface area contributed by atoms with Gasteiger partial charge in [0.05, 0.1) is 17.8 Å². The van der Waals surface area contributed by atoms with Crippen molar-refractivity contribution in [3.8, 4) is 11.1 Å². The predicted octanol–water partition coefficient (Wildman–Crippen LogP) is 1.38. The van der Waals surface area contributed by atoms with Crippen molar-refractivity contribution in [1.82, 2.24) is 24.6 Å². The van der Waals surface area contributed by atoms with E-state index in [-0.39, 0.29) is 5.60 Å². The highest BCUT2D eigenvalue weighted by atomic mass is 16.5. The Kier molecular flexibility index (Phi) is 3.34. The number of nitrogens with two attached hydrogens (primary N) is 1. The Morgan fingerprint density at radius 3 is 2.96 bits per heavy atom. The van der Waals surface area contributed by atoms with Crippen LogP contribution in [0.3, 0.4) is 0 Å². The summed E-state index contributed by atoms with van der Waals surface area (Å²) in [5.74, 6) is 1.15. The maximum atomic E-state index is 6.12. The van der Waals surface area contributed by atoms with Gasteiger partial charge in [0.2, 0.25) is 5.95 Å². The quantitative estimate of drug-likeness (QED) is 0.760. The molecule has 4 heterocycles. The van der Waals surface area contributed by atoms with Gasteiger partial charge in [-0.15, -0.1) is 10.2 Å². The molecule has 0 spiro atoms. The lowest BCUT2D eigenvalue weighted by atomic mass is 10.1. The largest absolute Gasteiger partial charge is 0.372 e. The molecular weight excluding hydrogens is 306 g/mol. The molecule has 0 saturated carbocycles. The Balaban J connectivity index is 1.94. The molecule has 1 aliphatic rings. The van der Waals surface area contributed by atoms with E-state index in [2.05, 4.69) is 38.9 Å². The second-order valence-corrected chi connectivity index (χ2v) is 6.46. The molecule has 1 fully saturated rings. The first-order valence-electron chi connectivity index (χ1n) is 7.84. The van der Waals surface area contributed by atoms with Gasteiger partial charge in [-0.05, 0) is 19.9 Å². The lowest BCUT2D eigenvalue weighted by Gasteiger charge is -2.39. The molecule has 1 saturated heterocycles. The van der Waals surface area contributed by atoms with Crippen molar-refractivity contribution in [2.75, 3.05) is 30.3 Å². The smallest absolute Gasteiger partial charge is 0.209 e. The molecule has 0 atom stereocenters. The average Bonchev–Trinajstić information content (AvgIpc) is 3.04. The van der Waals surface area contributed by atoms with E-state index in [9.17, 15) is 0 Å². The number of nitrogens with zero attached hydrogens (tertiary/aromatic N) is 6. The molecule has 3 aromatic rings. The molecule has 24 heavy (non-hydrogen) atoms. The van der Waals surface area contributed by atoms with Crippen LogP contribution in [-0.4, -0.2) is 49.9 Å². The molecule has 3 aromatic heterocycles. The summed E-state index contributed by atoms with van der Waals surface area (Å²) in [6.45, 7) is 6.24. The number of fused-ring (bicyclic) bond motifs is 1. The summed E-state index contributed by atoms with van der Waals surface area (Å²) >= 11 is 0. The number of anilines is 2. The maximum Gasteiger partial charge on any atom is 0.209 e. The van der Waals surface area contributed by atoms with Crippen LogP contribution in [-0.2, 0) is 4.74 Å². The molecular formula is C16H19N7O. The predicted molar refractivity (Wildman–Crippen MR) is 90.7 cm³/mol. The molecule has 0 radical (unpaired) electrons. The Hall–Kier alpha value is -2.74. The minimum absolute atomic E-state index is 0.249. The monoisotopic (exact) mass is 325 g/mol. The number of morpholine rings is 1. The summed E-state index contributed by atoms with van der Waals surface area (Å²) in [4.78, 5) is 11.1. The van der Waals surface area contributed by atoms with Crippen molar-refractivity contribution in [2.45, 2.75) is 19.4 Å². The van der Waals surface area contributed by atoms with E-state index in [1.54, 1.807) is 23.1 Å². The highest BCUT2D eigenvalue weighted by Gasteiger charge is 2.30. The normalized spacial score (nSPS) is 17.3. The first kappa shape index (κ1) is 14.8. The number of hydrogen-bond acceptors (Lipinski definition) is 7. The van der Waals surface area contributed by atoms with Gasteiger partial charge in [0.15, 0.2) is 5.65 Å². The molecule has 0 amide bonds. The number of aromatic nitrogens is 5. The third-order valence-corrected chi connectivity index (χ3v) is 4.14. The van der Waals surface area contributed by atoms with Gasteiger partial charge in [-0.25, -0.2) is 0 Å². The lowest BCUT2D eigenvalue weighted by molar-refractivity contribution is -0.0278. The van der Waals surface area contributed by atoms with E-state index < -0.39 is 0 Å². The molecule has 1 aliphatic heterocycles. The minimum atomic E-state index is -0.249. The molecule has 0 unspecified atom stereocenters. The zero-order valence-electron chi connectivity index (χ0n) is 13.7. The number of nitrogen functional groups attached to an aromatic ring is 1. The second kappa shape index (κ2) is 5.41. The zero-order chi connectivity index (χ0) is 16.7. The summed E-state index contributed by atoms with van der Waals surface area (Å²) in [7, 11) is 0. The number of pyridine rings is 1. The molecule has 2 N–H and O–H groups in total. The van der Waals surface area contributed by atoms with Crippen LogP contribution in [0, 0.1) is 0 Å². The fourth-order valence-corrected chi connectivity index (χ4v) is 3.09. The van der Waals surface area contributed by atoms with E-state index in [1.165, 1.54) is 0 Å². The van der Waals surface area contributed by atoms with Crippen LogP contribution in [0.15, 0.2) is 30.9 Å². The molecule has 0 aromatic carbocycles. The Labute approximate surface area is 139 Å².